The Hall–Kier alpha value is -0.620. The lowest BCUT2D eigenvalue weighted by atomic mass is 9.98. The second kappa shape index (κ2) is 6.43. The molecule has 1 amide bonds. The number of amides is 1. The minimum absolute atomic E-state index is 0.0237. The lowest BCUT2D eigenvalue weighted by molar-refractivity contribution is -0.122. The summed E-state index contributed by atoms with van der Waals surface area (Å²) in [6.07, 6.45) is 7.55. The second-order valence-electron chi connectivity index (χ2n) is 6.26. The Morgan fingerprint density at radius 3 is 2.30 bits per heavy atom. The Balaban J connectivity index is 1.82. The van der Waals surface area contributed by atoms with Crippen LogP contribution in [0.1, 0.15) is 57.8 Å². The van der Waals surface area contributed by atoms with Gasteiger partial charge in [0.15, 0.2) is 9.84 Å². The molecule has 0 radical (unpaired) electrons. The van der Waals surface area contributed by atoms with Crippen LogP contribution in [0, 0.1) is 0 Å². The Morgan fingerprint density at radius 1 is 1.15 bits per heavy atom. The fourth-order valence-electron chi connectivity index (χ4n) is 3.44. The molecule has 0 heterocycles. The van der Waals surface area contributed by atoms with Crippen LogP contribution in [0.15, 0.2) is 0 Å². The van der Waals surface area contributed by atoms with Crippen LogP contribution in [-0.4, -0.2) is 37.4 Å². The highest BCUT2D eigenvalue weighted by molar-refractivity contribution is 7.92. The fraction of sp³-hybridized carbons (Fsp3) is 0.929. The van der Waals surface area contributed by atoms with Gasteiger partial charge < -0.3 is 11.1 Å². The molecule has 0 saturated heterocycles. The highest BCUT2D eigenvalue weighted by Crippen LogP contribution is 2.29. The molecule has 6 heteroatoms. The zero-order chi connectivity index (χ0) is 14.6. The Kier molecular flexibility index (Phi) is 5.07. The van der Waals surface area contributed by atoms with E-state index in [1.807, 2.05) is 0 Å². The smallest absolute Gasteiger partial charge is 0.221 e. The molecule has 0 aromatic heterocycles. The predicted octanol–water partition coefficient (Wildman–Crippen LogP) is 1.12. The van der Waals surface area contributed by atoms with Crippen molar-refractivity contribution in [3.8, 4) is 0 Å². The maximum atomic E-state index is 12.1. The van der Waals surface area contributed by atoms with Crippen molar-refractivity contribution in [2.45, 2.75) is 68.6 Å². The third-order valence-electron chi connectivity index (χ3n) is 4.78. The third kappa shape index (κ3) is 3.73. The number of carbonyl (C=O) groups is 1. The molecule has 2 saturated carbocycles. The lowest BCUT2D eigenvalue weighted by Crippen LogP contribution is -2.52. The summed E-state index contributed by atoms with van der Waals surface area (Å²) < 4.78 is 24.2. The summed E-state index contributed by atoms with van der Waals surface area (Å²) in [6.45, 7) is 0.439. The van der Waals surface area contributed by atoms with Crippen LogP contribution < -0.4 is 11.1 Å². The molecule has 0 atom stereocenters. The van der Waals surface area contributed by atoms with Crippen LogP contribution in [0.2, 0.25) is 0 Å². The first-order valence-electron chi connectivity index (χ1n) is 7.70. The first kappa shape index (κ1) is 15.8. The van der Waals surface area contributed by atoms with Crippen molar-refractivity contribution >= 4 is 15.7 Å². The first-order valence-corrected chi connectivity index (χ1v) is 9.42. The topological polar surface area (TPSA) is 89.3 Å². The minimum Gasteiger partial charge on any atom is -0.349 e. The fourth-order valence-corrected chi connectivity index (χ4v) is 5.29. The van der Waals surface area contributed by atoms with E-state index in [0.29, 0.717) is 6.54 Å². The van der Waals surface area contributed by atoms with Gasteiger partial charge >= 0.3 is 0 Å². The SMILES string of the molecule is NCC1(NC(=O)CCS(=O)(=O)C2CCCC2)CCCC1. The van der Waals surface area contributed by atoms with E-state index in [4.69, 9.17) is 5.73 Å². The maximum absolute atomic E-state index is 12.1. The Bertz CT molecular complexity index is 435. The number of sulfone groups is 1. The zero-order valence-corrected chi connectivity index (χ0v) is 12.9. The van der Waals surface area contributed by atoms with Crippen LogP contribution in [0.5, 0.6) is 0 Å². The van der Waals surface area contributed by atoms with Crippen molar-refractivity contribution in [1.29, 1.82) is 0 Å². The van der Waals surface area contributed by atoms with Crippen LogP contribution in [0.4, 0.5) is 0 Å². The summed E-state index contributed by atoms with van der Waals surface area (Å²) >= 11 is 0. The number of carbonyl (C=O) groups excluding carboxylic acids is 1. The molecule has 20 heavy (non-hydrogen) atoms. The molecule has 0 aliphatic heterocycles. The summed E-state index contributed by atoms with van der Waals surface area (Å²) in [6, 6.07) is 0. The molecular weight excluding hydrogens is 276 g/mol. The lowest BCUT2D eigenvalue weighted by Gasteiger charge is -2.28. The van der Waals surface area contributed by atoms with Crippen molar-refractivity contribution in [2.75, 3.05) is 12.3 Å². The number of rotatable bonds is 6. The van der Waals surface area contributed by atoms with Gasteiger partial charge in [-0.15, -0.1) is 0 Å². The summed E-state index contributed by atoms with van der Waals surface area (Å²) in [4.78, 5) is 12.0. The molecule has 0 aromatic rings. The van der Waals surface area contributed by atoms with Gasteiger partial charge in [-0.05, 0) is 25.7 Å². The molecule has 2 fully saturated rings. The van der Waals surface area contributed by atoms with Gasteiger partial charge in [-0.1, -0.05) is 25.7 Å². The zero-order valence-electron chi connectivity index (χ0n) is 12.1. The van der Waals surface area contributed by atoms with Crippen molar-refractivity contribution in [3.05, 3.63) is 0 Å². The number of nitrogens with one attached hydrogen (secondary N) is 1. The van der Waals surface area contributed by atoms with Crippen LogP contribution in [0.25, 0.3) is 0 Å². The van der Waals surface area contributed by atoms with E-state index >= 15 is 0 Å². The van der Waals surface area contributed by atoms with Crippen molar-refractivity contribution in [2.24, 2.45) is 5.73 Å². The van der Waals surface area contributed by atoms with E-state index in [2.05, 4.69) is 5.32 Å². The molecule has 0 bridgehead atoms. The molecule has 116 valence electrons. The highest BCUT2D eigenvalue weighted by atomic mass is 32.2. The molecule has 2 rings (SSSR count). The van der Waals surface area contributed by atoms with Crippen LogP contribution in [0.3, 0.4) is 0 Å². The van der Waals surface area contributed by atoms with E-state index in [1.54, 1.807) is 0 Å². The Labute approximate surface area is 121 Å². The minimum atomic E-state index is -3.11. The molecular formula is C14H26N2O3S. The maximum Gasteiger partial charge on any atom is 0.221 e. The predicted molar refractivity (Wildman–Crippen MR) is 79.1 cm³/mol. The average molecular weight is 302 g/mol. The summed E-state index contributed by atoms with van der Waals surface area (Å²) in [5.74, 6) is -0.191. The van der Waals surface area contributed by atoms with E-state index < -0.39 is 9.84 Å². The van der Waals surface area contributed by atoms with Gasteiger partial charge in [0.05, 0.1) is 16.5 Å². The normalized spacial score (nSPS) is 23.1. The van der Waals surface area contributed by atoms with E-state index in [0.717, 1.165) is 51.4 Å². The molecule has 0 aromatic carbocycles. The molecule has 0 spiro atoms. The van der Waals surface area contributed by atoms with Gasteiger partial charge in [0.1, 0.15) is 0 Å². The van der Waals surface area contributed by atoms with E-state index in [-0.39, 0.29) is 28.9 Å². The average Bonchev–Trinajstić information content (AvgIpc) is 3.08. The standard InChI is InChI=1S/C14H26N2O3S/c15-11-14(8-3-4-9-14)16-13(17)7-10-20(18,19)12-5-1-2-6-12/h12H,1-11,15H2,(H,16,17). The third-order valence-corrected chi connectivity index (χ3v) is 7.04. The summed E-state index contributed by atoms with van der Waals surface area (Å²) in [7, 11) is -3.11. The Morgan fingerprint density at radius 2 is 1.75 bits per heavy atom. The summed E-state index contributed by atoms with van der Waals surface area (Å²) in [5.41, 5.74) is 5.48. The van der Waals surface area contributed by atoms with Crippen molar-refractivity contribution in [3.63, 3.8) is 0 Å². The van der Waals surface area contributed by atoms with Gasteiger partial charge in [0.25, 0.3) is 0 Å². The quantitative estimate of drug-likeness (QED) is 0.769. The number of hydrogen-bond donors (Lipinski definition) is 2. The van der Waals surface area contributed by atoms with Gasteiger partial charge in [0, 0.05) is 13.0 Å². The van der Waals surface area contributed by atoms with Gasteiger partial charge in [-0.3, -0.25) is 4.79 Å². The number of hydrogen-bond acceptors (Lipinski definition) is 4. The van der Waals surface area contributed by atoms with Crippen LogP contribution in [-0.2, 0) is 14.6 Å². The molecule has 0 unspecified atom stereocenters. The van der Waals surface area contributed by atoms with Crippen molar-refractivity contribution in [1.82, 2.24) is 5.32 Å². The first-order chi connectivity index (χ1) is 9.47. The van der Waals surface area contributed by atoms with Crippen LogP contribution >= 0.6 is 0 Å². The highest BCUT2D eigenvalue weighted by Gasteiger charge is 2.34. The number of nitrogens with two attached hydrogens (primary N) is 1. The molecule has 2 aliphatic rings. The molecule has 3 N–H and O–H groups in total. The van der Waals surface area contributed by atoms with Gasteiger partial charge in [-0.2, -0.15) is 0 Å². The summed E-state index contributed by atoms with van der Waals surface area (Å²) in [5, 5.41) is 2.76. The van der Waals surface area contributed by atoms with E-state index in [9.17, 15) is 13.2 Å². The largest absolute Gasteiger partial charge is 0.349 e. The molecule has 2 aliphatic carbocycles. The van der Waals surface area contributed by atoms with Gasteiger partial charge in [-0.25, -0.2) is 8.42 Å². The van der Waals surface area contributed by atoms with E-state index in [1.165, 1.54) is 0 Å². The van der Waals surface area contributed by atoms with Crippen molar-refractivity contribution < 1.29 is 13.2 Å². The molecule has 5 nitrogen and oxygen atoms in total. The van der Waals surface area contributed by atoms with Gasteiger partial charge in [0.2, 0.25) is 5.91 Å². The second-order valence-corrected chi connectivity index (χ2v) is 8.66. The monoisotopic (exact) mass is 302 g/mol.